The molecule has 1 amide bonds. The topological polar surface area (TPSA) is 108 Å². The number of hydrogen-bond acceptors (Lipinski definition) is 7. The van der Waals surface area contributed by atoms with Gasteiger partial charge in [-0.1, -0.05) is 30.3 Å². The molecule has 8 nitrogen and oxygen atoms in total. The molecule has 8 heteroatoms. The van der Waals surface area contributed by atoms with E-state index in [9.17, 15) is 19.2 Å². The van der Waals surface area contributed by atoms with Crippen LogP contribution >= 0.6 is 0 Å². The number of rotatable bonds is 9. The summed E-state index contributed by atoms with van der Waals surface area (Å²) in [5.41, 5.74) is 0.825. The second kappa shape index (κ2) is 10.8. The van der Waals surface area contributed by atoms with E-state index in [1.807, 2.05) is 18.2 Å². The van der Waals surface area contributed by atoms with Crippen LogP contribution in [0.1, 0.15) is 25.8 Å². The lowest BCUT2D eigenvalue weighted by Gasteiger charge is -2.14. The summed E-state index contributed by atoms with van der Waals surface area (Å²) < 4.78 is 14.4. The maximum absolute atomic E-state index is 12.0. The van der Waals surface area contributed by atoms with Crippen LogP contribution in [0.3, 0.4) is 0 Å². The number of hydrogen-bond donors (Lipinski definition) is 1. The molecule has 0 saturated heterocycles. The number of ketones is 1. The zero-order valence-electron chi connectivity index (χ0n) is 14.2. The standard InChI is InChI=1S/C17H21NO7/c1-3-23-16(21)15(25-12(2)19)14(20)9-10-18-17(22)24-11-13-7-5-4-6-8-13/h4-8,15H,3,9-11H2,1-2H3,(H,18,22). The molecule has 0 aliphatic carbocycles. The van der Waals surface area contributed by atoms with E-state index >= 15 is 0 Å². The Morgan fingerprint density at radius 1 is 1.08 bits per heavy atom. The van der Waals surface area contributed by atoms with Crippen molar-refractivity contribution in [2.75, 3.05) is 13.2 Å². The number of Topliss-reactive ketones (excluding diaryl/α,β-unsaturated/α-hetero) is 1. The van der Waals surface area contributed by atoms with E-state index < -0.39 is 29.9 Å². The minimum atomic E-state index is -1.63. The number of alkyl carbamates (subject to hydrolysis) is 1. The van der Waals surface area contributed by atoms with Gasteiger partial charge in [0.05, 0.1) is 6.61 Å². The molecule has 0 radical (unpaired) electrons. The SMILES string of the molecule is CCOC(=O)C(OC(C)=O)C(=O)CCNC(=O)OCc1ccccc1. The van der Waals surface area contributed by atoms with E-state index in [1.54, 1.807) is 19.1 Å². The van der Waals surface area contributed by atoms with Crippen molar-refractivity contribution in [3.8, 4) is 0 Å². The molecule has 1 unspecified atom stereocenters. The first-order valence-electron chi connectivity index (χ1n) is 7.75. The summed E-state index contributed by atoms with van der Waals surface area (Å²) in [6, 6.07) is 9.09. The lowest BCUT2D eigenvalue weighted by atomic mass is 10.1. The highest BCUT2D eigenvalue weighted by atomic mass is 16.6. The van der Waals surface area contributed by atoms with Gasteiger partial charge in [-0.05, 0) is 12.5 Å². The Bertz CT molecular complexity index is 600. The van der Waals surface area contributed by atoms with E-state index in [2.05, 4.69) is 10.1 Å². The Morgan fingerprint density at radius 3 is 2.36 bits per heavy atom. The molecule has 0 aliphatic heterocycles. The molecule has 0 spiro atoms. The lowest BCUT2D eigenvalue weighted by molar-refractivity contribution is -0.170. The van der Waals surface area contributed by atoms with Crippen molar-refractivity contribution < 1.29 is 33.4 Å². The first-order chi connectivity index (χ1) is 11.9. The van der Waals surface area contributed by atoms with Crippen molar-refractivity contribution >= 4 is 23.8 Å². The quantitative estimate of drug-likeness (QED) is 0.406. The number of amides is 1. The highest BCUT2D eigenvalue weighted by Gasteiger charge is 2.30. The molecule has 1 atom stereocenters. The average Bonchev–Trinajstić information content (AvgIpc) is 2.58. The molecule has 0 aliphatic rings. The largest absolute Gasteiger partial charge is 0.463 e. The van der Waals surface area contributed by atoms with Crippen molar-refractivity contribution in [1.29, 1.82) is 0 Å². The van der Waals surface area contributed by atoms with Gasteiger partial charge in [0.15, 0.2) is 5.78 Å². The van der Waals surface area contributed by atoms with Crippen molar-refractivity contribution in [2.24, 2.45) is 0 Å². The highest BCUT2D eigenvalue weighted by Crippen LogP contribution is 2.03. The number of carbonyl (C=O) groups excluding carboxylic acids is 4. The Morgan fingerprint density at radius 2 is 1.76 bits per heavy atom. The van der Waals surface area contributed by atoms with E-state index in [1.165, 1.54) is 0 Å². The normalized spacial score (nSPS) is 11.1. The van der Waals surface area contributed by atoms with Gasteiger partial charge in [0, 0.05) is 19.9 Å². The molecule has 0 bridgehead atoms. The minimum absolute atomic E-state index is 0.0495. The highest BCUT2D eigenvalue weighted by molar-refractivity contribution is 6.03. The van der Waals surface area contributed by atoms with Gasteiger partial charge in [0.1, 0.15) is 6.61 Å². The summed E-state index contributed by atoms with van der Waals surface area (Å²) in [5, 5.41) is 2.39. The first-order valence-corrected chi connectivity index (χ1v) is 7.75. The third-order valence-electron chi connectivity index (χ3n) is 2.93. The summed E-state index contributed by atoms with van der Waals surface area (Å²) in [7, 11) is 0. The molecule has 1 aromatic rings. The number of esters is 2. The van der Waals surface area contributed by atoms with Crippen molar-refractivity contribution in [3.05, 3.63) is 35.9 Å². The van der Waals surface area contributed by atoms with E-state index in [0.29, 0.717) is 0 Å². The average molecular weight is 351 g/mol. The molecule has 0 aromatic heterocycles. The maximum Gasteiger partial charge on any atom is 0.407 e. The zero-order chi connectivity index (χ0) is 18.7. The summed E-state index contributed by atoms with van der Waals surface area (Å²) in [6.45, 7) is 2.73. The summed E-state index contributed by atoms with van der Waals surface area (Å²) >= 11 is 0. The molecule has 0 heterocycles. The van der Waals surface area contributed by atoms with Crippen LogP contribution in [-0.2, 0) is 35.2 Å². The molecule has 25 heavy (non-hydrogen) atoms. The Hall–Kier alpha value is -2.90. The Labute approximate surface area is 145 Å². The molecule has 1 N–H and O–H groups in total. The zero-order valence-corrected chi connectivity index (χ0v) is 14.2. The summed E-state index contributed by atoms with van der Waals surface area (Å²) in [6.07, 6.45) is -2.53. The fourth-order valence-electron chi connectivity index (χ4n) is 1.82. The van der Waals surface area contributed by atoms with Crippen LogP contribution in [0.4, 0.5) is 4.79 Å². The van der Waals surface area contributed by atoms with Crippen molar-refractivity contribution in [1.82, 2.24) is 5.32 Å². The van der Waals surface area contributed by atoms with Gasteiger partial charge in [0.2, 0.25) is 0 Å². The number of nitrogens with one attached hydrogen (secondary N) is 1. The van der Waals surface area contributed by atoms with Gasteiger partial charge < -0.3 is 19.5 Å². The van der Waals surface area contributed by atoms with E-state index in [0.717, 1.165) is 12.5 Å². The van der Waals surface area contributed by atoms with E-state index in [-0.39, 0.29) is 26.2 Å². The van der Waals surface area contributed by atoms with Gasteiger partial charge in [-0.3, -0.25) is 9.59 Å². The number of benzene rings is 1. The van der Waals surface area contributed by atoms with Crippen LogP contribution in [0.25, 0.3) is 0 Å². The molecule has 1 aromatic carbocycles. The Kier molecular flexibility index (Phi) is 8.70. The van der Waals surface area contributed by atoms with Crippen LogP contribution in [0.5, 0.6) is 0 Å². The van der Waals surface area contributed by atoms with Crippen LogP contribution in [-0.4, -0.2) is 43.1 Å². The van der Waals surface area contributed by atoms with Crippen LogP contribution in [0, 0.1) is 0 Å². The second-order valence-corrected chi connectivity index (χ2v) is 4.95. The third kappa shape index (κ3) is 7.96. The molecule has 136 valence electrons. The van der Waals surface area contributed by atoms with Crippen LogP contribution < -0.4 is 5.32 Å². The molecule has 0 saturated carbocycles. The summed E-state index contributed by atoms with van der Waals surface area (Å²) in [5.74, 6) is -2.38. The maximum atomic E-state index is 12.0. The van der Waals surface area contributed by atoms with Crippen LogP contribution in [0.15, 0.2) is 30.3 Å². The van der Waals surface area contributed by atoms with Gasteiger partial charge in [-0.2, -0.15) is 0 Å². The van der Waals surface area contributed by atoms with E-state index in [4.69, 9.17) is 9.47 Å². The third-order valence-corrected chi connectivity index (χ3v) is 2.93. The fourth-order valence-corrected chi connectivity index (χ4v) is 1.82. The van der Waals surface area contributed by atoms with Crippen molar-refractivity contribution in [3.63, 3.8) is 0 Å². The predicted octanol–water partition coefficient (Wildman–Crippen LogP) is 1.37. The fraction of sp³-hybridized carbons (Fsp3) is 0.412. The van der Waals surface area contributed by atoms with Gasteiger partial charge in [-0.25, -0.2) is 9.59 Å². The summed E-state index contributed by atoms with van der Waals surface area (Å²) in [4.78, 5) is 46.2. The predicted molar refractivity (Wildman–Crippen MR) is 86.4 cm³/mol. The molecule has 1 rings (SSSR count). The molecule has 0 fully saturated rings. The Balaban J connectivity index is 2.38. The van der Waals surface area contributed by atoms with Crippen molar-refractivity contribution in [2.45, 2.75) is 33.0 Å². The number of carbonyl (C=O) groups is 4. The number of ether oxygens (including phenoxy) is 3. The van der Waals surface area contributed by atoms with Crippen LogP contribution in [0.2, 0.25) is 0 Å². The molecular formula is C17H21NO7. The van der Waals surface area contributed by atoms with Gasteiger partial charge in [-0.15, -0.1) is 0 Å². The molecular weight excluding hydrogens is 330 g/mol. The monoisotopic (exact) mass is 351 g/mol. The smallest absolute Gasteiger partial charge is 0.407 e. The van der Waals surface area contributed by atoms with Gasteiger partial charge >= 0.3 is 18.0 Å². The first kappa shape index (κ1) is 20.1. The minimum Gasteiger partial charge on any atom is -0.463 e. The van der Waals surface area contributed by atoms with Gasteiger partial charge in [0.25, 0.3) is 6.10 Å². The second-order valence-electron chi connectivity index (χ2n) is 4.95. The lowest BCUT2D eigenvalue weighted by Crippen LogP contribution is -2.38.